The van der Waals surface area contributed by atoms with Crippen LogP contribution in [0.3, 0.4) is 0 Å². The van der Waals surface area contributed by atoms with E-state index in [1.54, 1.807) is 28.6 Å². The van der Waals surface area contributed by atoms with Crippen molar-refractivity contribution in [1.82, 2.24) is 14.9 Å². The zero-order valence-electron chi connectivity index (χ0n) is 15.0. The summed E-state index contributed by atoms with van der Waals surface area (Å²) in [5, 5.41) is 2.41. The number of nitrogens with zero attached hydrogens (tertiary/aromatic N) is 1. The van der Waals surface area contributed by atoms with E-state index in [1.807, 2.05) is 0 Å². The molecule has 7 nitrogen and oxygen atoms in total. The molecular weight excluding hydrogens is 380 g/mol. The molecule has 0 radical (unpaired) electrons. The average molecular weight is 409 g/mol. The van der Waals surface area contributed by atoms with Gasteiger partial charge in [-0.15, -0.1) is 0 Å². The fourth-order valence-corrected chi connectivity index (χ4v) is 5.28. The largest absolute Gasteiger partial charge is 0.354 e. The topological polar surface area (TPSA) is 105 Å². The summed E-state index contributed by atoms with van der Waals surface area (Å²) in [4.78, 5) is 36.9. The molecule has 25 heavy (non-hydrogen) atoms. The Labute approximate surface area is 161 Å². The highest BCUT2D eigenvalue weighted by molar-refractivity contribution is 8.77. The Morgan fingerprint density at radius 1 is 1.40 bits per heavy atom. The van der Waals surface area contributed by atoms with E-state index in [2.05, 4.69) is 23.9 Å². The zero-order valence-corrected chi connectivity index (χ0v) is 17.5. The molecule has 0 aliphatic carbocycles. The second-order valence-corrected chi connectivity index (χ2v) is 10.6. The van der Waals surface area contributed by atoms with Crippen LogP contribution >= 0.6 is 33.5 Å². The van der Waals surface area contributed by atoms with Crippen LogP contribution in [0.25, 0.3) is 0 Å². The maximum absolute atomic E-state index is 12.0. The van der Waals surface area contributed by atoms with Crippen LogP contribution in [0, 0.1) is 0 Å². The number of nitrogens with one attached hydrogen (secondary N) is 2. The van der Waals surface area contributed by atoms with Crippen molar-refractivity contribution in [2.45, 2.75) is 43.1 Å². The Morgan fingerprint density at radius 3 is 2.76 bits per heavy atom. The summed E-state index contributed by atoms with van der Waals surface area (Å²) in [6.45, 7) is 5.34. The normalized spacial score (nSPS) is 18.1. The van der Waals surface area contributed by atoms with Crippen molar-refractivity contribution in [1.29, 1.82) is 0 Å². The molecule has 1 heterocycles. The number of imide groups is 1. The maximum atomic E-state index is 12.0. The molecule has 0 aromatic rings. The quantitative estimate of drug-likeness (QED) is 0.190. The molecule has 1 fully saturated rings. The summed E-state index contributed by atoms with van der Waals surface area (Å²) in [5.74, 6) is 0.467. The number of carbonyl (C=O) groups excluding carboxylic acids is 3. The summed E-state index contributed by atoms with van der Waals surface area (Å²) in [7, 11) is 5.19. The van der Waals surface area contributed by atoms with E-state index in [-0.39, 0.29) is 40.7 Å². The van der Waals surface area contributed by atoms with E-state index >= 15 is 0 Å². The van der Waals surface area contributed by atoms with Gasteiger partial charge in [0, 0.05) is 43.0 Å². The van der Waals surface area contributed by atoms with Crippen molar-refractivity contribution in [2.75, 3.05) is 32.4 Å². The standard InChI is InChI=1S/C15H28N4O3S3/c1-15(2,10-16)25-23-8-4-5-12(20)18-6-7-19-13(21)9-11(14(19)22)24-17-3/h11,17H,4-10,16H2,1-3H3,(H,18,20). The molecule has 1 rings (SSSR count). The van der Waals surface area contributed by atoms with E-state index in [0.29, 0.717) is 19.5 Å². The highest BCUT2D eigenvalue weighted by atomic mass is 33.1. The van der Waals surface area contributed by atoms with Crippen molar-refractivity contribution >= 4 is 51.3 Å². The van der Waals surface area contributed by atoms with Crippen LogP contribution < -0.4 is 15.8 Å². The molecule has 0 aromatic carbocycles. The smallest absolute Gasteiger partial charge is 0.244 e. The Balaban J connectivity index is 2.14. The van der Waals surface area contributed by atoms with Crippen LogP contribution in [-0.2, 0) is 14.4 Å². The highest BCUT2D eigenvalue weighted by Crippen LogP contribution is 2.35. The molecule has 0 aromatic heterocycles. The first-order chi connectivity index (χ1) is 11.8. The predicted molar refractivity (Wildman–Crippen MR) is 107 cm³/mol. The van der Waals surface area contributed by atoms with Crippen LogP contribution in [-0.4, -0.2) is 65.1 Å². The summed E-state index contributed by atoms with van der Waals surface area (Å²) in [6, 6.07) is 0. The number of hydrogen-bond donors (Lipinski definition) is 3. The first-order valence-electron chi connectivity index (χ1n) is 8.24. The van der Waals surface area contributed by atoms with Gasteiger partial charge in [-0.2, -0.15) is 0 Å². The van der Waals surface area contributed by atoms with Crippen molar-refractivity contribution < 1.29 is 14.4 Å². The number of hydrogen-bond acceptors (Lipinski definition) is 8. The SMILES string of the molecule is CNSC1CC(=O)N(CCNC(=O)CCCSSC(C)(C)CN)C1=O. The van der Waals surface area contributed by atoms with Gasteiger partial charge in [-0.1, -0.05) is 33.5 Å². The van der Waals surface area contributed by atoms with Gasteiger partial charge in [0.1, 0.15) is 5.25 Å². The molecule has 144 valence electrons. The summed E-state index contributed by atoms with van der Waals surface area (Å²) in [6.07, 6.45) is 1.44. The van der Waals surface area contributed by atoms with Gasteiger partial charge in [-0.3, -0.25) is 24.0 Å². The Hall–Kier alpha value is -0.420. The summed E-state index contributed by atoms with van der Waals surface area (Å²) >= 11 is 1.25. The first kappa shape index (κ1) is 22.6. The minimum atomic E-state index is -0.361. The van der Waals surface area contributed by atoms with Gasteiger partial charge < -0.3 is 11.1 Å². The van der Waals surface area contributed by atoms with Crippen molar-refractivity contribution in [3.05, 3.63) is 0 Å². The molecule has 10 heteroatoms. The number of nitrogens with two attached hydrogens (primary N) is 1. The van der Waals surface area contributed by atoms with Gasteiger partial charge in [-0.05, 0) is 27.3 Å². The number of amides is 3. The van der Waals surface area contributed by atoms with E-state index in [0.717, 1.165) is 12.2 Å². The van der Waals surface area contributed by atoms with Crippen molar-refractivity contribution in [3.63, 3.8) is 0 Å². The van der Waals surface area contributed by atoms with Crippen LogP contribution in [0.15, 0.2) is 0 Å². The molecule has 1 atom stereocenters. The molecule has 1 aliphatic rings. The van der Waals surface area contributed by atoms with Gasteiger partial charge in [-0.25, -0.2) is 0 Å². The third-order valence-corrected chi connectivity index (χ3v) is 7.81. The van der Waals surface area contributed by atoms with Crippen LogP contribution in [0.5, 0.6) is 0 Å². The molecule has 1 aliphatic heterocycles. The third kappa shape index (κ3) is 8.21. The van der Waals surface area contributed by atoms with Crippen LogP contribution in [0.4, 0.5) is 0 Å². The van der Waals surface area contributed by atoms with E-state index in [4.69, 9.17) is 5.73 Å². The molecule has 3 amide bonds. The molecule has 1 saturated heterocycles. The number of carbonyl (C=O) groups is 3. The maximum Gasteiger partial charge on any atom is 0.244 e. The van der Waals surface area contributed by atoms with Gasteiger partial charge >= 0.3 is 0 Å². The van der Waals surface area contributed by atoms with E-state index in [9.17, 15) is 14.4 Å². The zero-order chi connectivity index (χ0) is 18.9. The van der Waals surface area contributed by atoms with Gasteiger partial charge in [0.25, 0.3) is 0 Å². The van der Waals surface area contributed by atoms with Gasteiger partial charge in [0.2, 0.25) is 17.7 Å². The van der Waals surface area contributed by atoms with Crippen LogP contribution in [0.2, 0.25) is 0 Å². The average Bonchev–Trinajstić information content (AvgIpc) is 2.82. The Morgan fingerprint density at radius 2 is 2.12 bits per heavy atom. The monoisotopic (exact) mass is 408 g/mol. The predicted octanol–water partition coefficient (Wildman–Crippen LogP) is 0.997. The second kappa shape index (κ2) is 11.3. The van der Waals surface area contributed by atoms with E-state index < -0.39 is 0 Å². The minimum absolute atomic E-state index is 0.0468. The molecule has 4 N–H and O–H groups in total. The summed E-state index contributed by atoms with van der Waals surface area (Å²) in [5.41, 5.74) is 5.67. The number of likely N-dealkylation sites (tertiary alicyclic amines) is 1. The van der Waals surface area contributed by atoms with E-state index in [1.165, 1.54) is 16.8 Å². The fourth-order valence-electron chi connectivity index (χ4n) is 2.04. The lowest BCUT2D eigenvalue weighted by atomic mass is 10.2. The number of rotatable bonds is 12. The molecule has 0 bridgehead atoms. The highest BCUT2D eigenvalue weighted by Gasteiger charge is 2.38. The van der Waals surface area contributed by atoms with Crippen molar-refractivity contribution in [2.24, 2.45) is 5.73 Å². The fraction of sp³-hybridized carbons (Fsp3) is 0.800. The lowest BCUT2D eigenvalue weighted by Crippen LogP contribution is -2.39. The second-order valence-electron chi connectivity index (χ2n) is 6.22. The molecule has 0 spiro atoms. The third-order valence-electron chi connectivity index (χ3n) is 3.53. The lowest BCUT2D eigenvalue weighted by molar-refractivity contribution is -0.138. The Bertz CT molecular complexity index is 477. The van der Waals surface area contributed by atoms with Gasteiger partial charge in [0.15, 0.2) is 0 Å². The van der Waals surface area contributed by atoms with Gasteiger partial charge in [0.05, 0.1) is 0 Å². The Kier molecular flexibility index (Phi) is 10.2. The molecular formula is C15H28N4O3S3. The molecule has 1 unspecified atom stereocenters. The van der Waals surface area contributed by atoms with Crippen LogP contribution in [0.1, 0.15) is 33.1 Å². The summed E-state index contributed by atoms with van der Waals surface area (Å²) < 4.78 is 2.89. The van der Waals surface area contributed by atoms with Crippen molar-refractivity contribution in [3.8, 4) is 0 Å². The first-order valence-corrected chi connectivity index (χ1v) is 11.4. The lowest BCUT2D eigenvalue weighted by Gasteiger charge is -2.20. The minimum Gasteiger partial charge on any atom is -0.354 e. The molecule has 0 saturated carbocycles.